The van der Waals surface area contributed by atoms with E-state index in [9.17, 15) is 4.79 Å². The van der Waals surface area contributed by atoms with Gasteiger partial charge in [0, 0.05) is 52.1 Å². The first-order valence-electron chi connectivity index (χ1n) is 10.0. The zero-order valence-corrected chi connectivity index (χ0v) is 18.5. The molecule has 0 aliphatic carbocycles. The molecule has 0 atom stereocenters. The molecule has 2 rings (SSSR count). The summed E-state index contributed by atoms with van der Waals surface area (Å²) in [6.07, 6.45) is 4.25. The lowest BCUT2D eigenvalue weighted by molar-refractivity contribution is -0.127. The number of aryl methyl sites for hydroxylation is 1. The van der Waals surface area contributed by atoms with E-state index in [0.29, 0.717) is 6.04 Å². The molecule has 28 heavy (non-hydrogen) atoms. The van der Waals surface area contributed by atoms with Crippen molar-refractivity contribution in [2.75, 3.05) is 52.3 Å². The van der Waals surface area contributed by atoms with E-state index in [1.807, 2.05) is 0 Å². The second kappa shape index (κ2) is 12.0. The quantitative estimate of drug-likeness (QED) is 0.393. The molecule has 1 heterocycles. The number of hydrogen-bond acceptors (Lipinski definition) is 4. The SMILES string of the molecule is CSCCNC(=NCC(=O)N(C)C)NC1CCN(Cc2ccccc2C)CC1. The Morgan fingerprint density at radius 2 is 2.00 bits per heavy atom. The number of benzene rings is 1. The molecule has 1 aromatic rings. The Labute approximate surface area is 174 Å². The van der Waals surface area contributed by atoms with Crippen LogP contribution in [-0.4, -0.2) is 80.0 Å². The number of likely N-dealkylation sites (tertiary alicyclic amines) is 1. The Balaban J connectivity index is 1.84. The monoisotopic (exact) mass is 405 g/mol. The van der Waals surface area contributed by atoms with Crippen molar-refractivity contribution in [1.29, 1.82) is 0 Å². The molecule has 0 saturated carbocycles. The van der Waals surface area contributed by atoms with Gasteiger partial charge in [0.1, 0.15) is 6.54 Å². The van der Waals surface area contributed by atoms with Crippen LogP contribution >= 0.6 is 11.8 Å². The van der Waals surface area contributed by atoms with E-state index < -0.39 is 0 Å². The third-order valence-electron chi connectivity index (χ3n) is 5.05. The van der Waals surface area contributed by atoms with Gasteiger partial charge < -0.3 is 15.5 Å². The number of amides is 1. The summed E-state index contributed by atoms with van der Waals surface area (Å²) in [5.74, 6) is 1.78. The summed E-state index contributed by atoms with van der Waals surface area (Å²) >= 11 is 1.79. The van der Waals surface area contributed by atoms with E-state index in [-0.39, 0.29) is 12.5 Å². The number of nitrogens with zero attached hydrogens (tertiary/aromatic N) is 3. The number of nitrogens with one attached hydrogen (secondary N) is 2. The molecule has 0 unspecified atom stereocenters. The zero-order valence-electron chi connectivity index (χ0n) is 17.7. The van der Waals surface area contributed by atoms with Gasteiger partial charge in [0.25, 0.3) is 0 Å². The van der Waals surface area contributed by atoms with Crippen molar-refractivity contribution in [3.8, 4) is 0 Å². The van der Waals surface area contributed by atoms with Gasteiger partial charge in [0.05, 0.1) is 0 Å². The Bertz CT molecular complexity index is 641. The molecular weight excluding hydrogens is 370 g/mol. The van der Waals surface area contributed by atoms with Gasteiger partial charge in [-0.3, -0.25) is 9.69 Å². The van der Waals surface area contributed by atoms with Crippen molar-refractivity contribution in [3.63, 3.8) is 0 Å². The highest BCUT2D eigenvalue weighted by molar-refractivity contribution is 7.98. The summed E-state index contributed by atoms with van der Waals surface area (Å²) in [5, 5.41) is 6.89. The van der Waals surface area contributed by atoms with Gasteiger partial charge in [-0.15, -0.1) is 0 Å². The Hall–Kier alpha value is -1.73. The molecule has 0 radical (unpaired) electrons. The normalized spacial score (nSPS) is 16.1. The molecule has 1 aromatic carbocycles. The van der Waals surface area contributed by atoms with Gasteiger partial charge >= 0.3 is 0 Å². The Kier molecular flexibility index (Phi) is 9.64. The molecule has 0 bridgehead atoms. The largest absolute Gasteiger partial charge is 0.356 e. The van der Waals surface area contributed by atoms with Crippen molar-refractivity contribution < 1.29 is 4.79 Å². The number of carbonyl (C=O) groups excluding carboxylic acids is 1. The number of aliphatic imine (C=N–C) groups is 1. The maximum absolute atomic E-state index is 11.9. The number of carbonyl (C=O) groups is 1. The molecule has 1 amide bonds. The molecule has 1 saturated heterocycles. The fourth-order valence-corrected chi connectivity index (χ4v) is 3.48. The summed E-state index contributed by atoms with van der Waals surface area (Å²) in [6, 6.07) is 9.02. The first-order valence-corrected chi connectivity index (χ1v) is 11.4. The topological polar surface area (TPSA) is 60.0 Å². The molecule has 1 aliphatic heterocycles. The van der Waals surface area contributed by atoms with Gasteiger partial charge in [-0.05, 0) is 37.1 Å². The van der Waals surface area contributed by atoms with Gasteiger partial charge in [-0.2, -0.15) is 11.8 Å². The summed E-state index contributed by atoms with van der Waals surface area (Å²) in [7, 11) is 3.52. The second-order valence-electron chi connectivity index (χ2n) is 7.49. The van der Waals surface area contributed by atoms with Crippen LogP contribution < -0.4 is 10.6 Å². The highest BCUT2D eigenvalue weighted by atomic mass is 32.2. The van der Waals surface area contributed by atoms with Gasteiger partial charge in [-0.25, -0.2) is 4.99 Å². The average molecular weight is 406 g/mol. The standard InChI is InChI=1S/C21H35N5OS/c1-17-7-5-6-8-18(17)16-26-12-9-19(10-13-26)24-21(22-11-14-28-4)23-15-20(27)25(2)3/h5-8,19H,9-16H2,1-4H3,(H2,22,23,24). The van der Waals surface area contributed by atoms with Crippen LogP contribution in [-0.2, 0) is 11.3 Å². The number of guanidine groups is 1. The minimum Gasteiger partial charge on any atom is -0.356 e. The fraction of sp³-hybridized carbons (Fsp3) is 0.619. The number of hydrogen-bond donors (Lipinski definition) is 2. The molecular formula is C21H35N5OS. The molecule has 1 aliphatic rings. The summed E-state index contributed by atoms with van der Waals surface area (Å²) < 4.78 is 0. The fourth-order valence-electron chi connectivity index (χ4n) is 3.17. The van der Waals surface area contributed by atoms with Crippen LogP contribution in [0.2, 0.25) is 0 Å². The number of rotatable bonds is 8. The lowest BCUT2D eigenvalue weighted by Gasteiger charge is -2.33. The molecule has 6 nitrogen and oxygen atoms in total. The van der Waals surface area contributed by atoms with Gasteiger partial charge in [0.15, 0.2) is 5.96 Å². The van der Waals surface area contributed by atoms with Crippen LogP contribution in [0.25, 0.3) is 0 Å². The van der Waals surface area contributed by atoms with Crippen molar-refractivity contribution in [2.24, 2.45) is 4.99 Å². The average Bonchev–Trinajstić information content (AvgIpc) is 2.69. The molecule has 7 heteroatoms. The second-order valence-corrected chi connectivity index (χ2v) is 8.48. The smallest absolute Gasteiger partial charge is 0.243 e. The minimum absolute atomic E-state index is 0.0130. The third kappa shape index (κ3) is 7.72. The van der Waals surface area contributed by atoms with E-state index >= 15 is 0 Å². The highest BCUT2D eigenvalue weighted by Crippen LogP contribution is 2.16. The summed E-state index contributed by atoms with van der Waals surface area (Å²) in [6.45, 7) is 6.36. The Morgan fingerprint density at radius 3 is 2.64 bits per heavy atom. The number of thioether (sulfide) groups is 1. The van der Waals surface area contributed by atoms with Crippen molar-refractivity contribution in [3.05, 3.63) is 35.4 Å². The summed E-state index contributed by atoms with van der Waals surface area (Å²) in [4.78, 5) is 20.5. The van der Waals surface area contributed by atoms with Crippen LogP contribution in [0.1, 0.15) is 24.0 Å². The van der Waals surface area contributed by atoms with Crippen LogP contribution in [0.3, 0.4) is 0 Å². The molecule has 0 spiro atoms. The van der Waals surface area contributed by atoms with Crippen molar-refractivity contribution in [1.82, 2.24) is 20.4 Å². The number of likely N-dealkylation sites (N-methyl/N-ethyl adjacent to an activating group) is 1. The van der Waals surface area contributed by atoms with Crippen LogP contribution in [0.15, 0.2) is 29.3 Å². The van der Waals surface area contributed by atoms with Crippen molar-refractivity contribution >= 4 is 23.6 Å². The minimum atomic E-state index is 0.0130. The van der Waals surface area contributed by atoms with E-state index in [1.165, 1.54) is 11.1 Å². The molecule has 156 valence electrons. The molecule has 1 fully saturated rings. The first-order chi connectivity index (χ1) is 13.5. The van der Waals surface area contributed by atoms with Crippen LogP contribution in [0, 0.1) is 6.92 Å². The predicted octanol–water partition coefficient (Wildman–Crippen LogP) is 1.95. The molecule has 2 N–H and O–H groups in total. The zero-order chi connectivity index (χ0) is 20.4. The van der Waals surface area contributed by atoms with Crippen LogP contribution in [0.5, 0.6) is 0 Å². The van der Waals surface area contributed by atoms with Crippen molar-refractivity contribution in [2.45, 2.75) is 32.4 Å². The lowest BCUT2D eigenvalue weighted by Crippen LogP contribution is -2.49. The van der Waals surface area contributed by atoms with E-state index in [2.05, 4.69) is 58.0 Å². The van der Waals surface area contributed by atoms with Crippen LogP contribution in [0.4, 0.5) is 0 Å². The number of piperidine rings is 1. The van der Waals surface area contributed by atoms with E-state index in [4.69, 9.17) is 0 Å². The van der Waals surface area contributed by atoms with Gasteiger partial charge in [0.2, 0.25) is 5.91 Å². The lowest BCUT2D eigenvalue weighted by atomic mass is 10.0. The van der Waals surface area contributed by atoms with E-state index in [1.54, 1.807) is 30.8 Å². The maximum Gasteiger partial charge on any atom is 0.243 e. The maximum atomic E-state index is 11.9. The third-order valence-corrected chi connectivity index (χ3v) is 5.67. The predicted molar refractivity (Wildman–Crippen MR) is 120 cm³/mol. The van der Waals surface area contributed by atoms with Gasteiger partial charge in [-0.1, -0.05) is 24.3 Å². The first kappa shape index (κ1) is 22.6. The van der Waals surface area contributed by atoms with E-state index in [0.717, 1.165) is 50.7 Å². The Morgan fingerprint density at radius 1 is 1.29 bits per heavy atom. The summed E-state index contributed by atoms with van der Waals surface area (Å²) in [5.41, 5.74) is 2.78. The molecule has 0 aromatic heterocycles. The highest BCUT2D eigenvalue weighted by Gasteiger charge is 2.20.